The molecule has 0 aliphatic heterocycles. The highest BCUT2D eigenvalue weighted by Gasteiger charge is 2.26. The first-order valence-corrected chi connectivity index (χ1v) is 14.6. The number of nitrogens with zero attached hydrogens (tertiary/aromatic N) is 5. The molecule has 2 amide bonds. The third kappa shape index (κ3) is 7.16. The number of thiophene rings is 1. The molecular formula is C30H27F4N7O5S. The Bertz CT molecular complexity index is 2010. The van der Waals surface area contributed by atoms with Crippen molar-refractivity contribution in [1.82, 2.24) is 29.7 Å². The van der Waals surface area contributed by atoms with E-state index in [9.17, 15) is 31.9 Å². The Labute approximate surface area is 267 Å². The average molecular weight is 674 g/mol. The summed E-state index contributed by atoms with van der Waals surface area (Å²) >= 11 is 1.08. The van der Waals surface area contributed by atoms with Crippen LogP contribution in [-0.4, -0.2) is 64.5 Å². The number of nitrogens with one attached hydrogen (secondary N) is 2. The average Bonchev–Trinajstić information content (AvgIpc) is 3.39. The smallest absolute Gasteiger partial charge is 0.343 e. The van der Waals surface area contributed by atoms with Crippen molar-refractivity contribution in [3.05, 3.63) is 98.2 Å². The molecule has 2 N–H and O–H groups in total. The van der Waals surface area contributed by atoms with Gasteiger partial charge in [0.15, 0.2) is 12.4 Å². The molecule has 3 heterocycles. The zero-order valence-electron chi connectivity index (χ0n) is 25.1. The van der Waals surface area contributed by atoms with Gasteiger partial charge in [0.2, 0.25) is 5.88 Å². The standard InChI is InChI=1S/C30H27F4N7O5S/c1-39(2)13-19-25-27(42)41(23-11-12-24(37-36-23)46-15-22(33)34)30(44)40(14-18-20(31)5-4-6-21(18)32)28(25)47-26(19)16-7-9-17(10-8-16)35-29(43)38-45-3/h4-12,22H,13-15H2,1-3H3,(H2,35,38,43). The minimum atomic E-state index is -2.77. The minimum absolute atomic E-state index is 0.0940. The number of hydrogen-bond donors (Lipinski definition) is 2. The summed E-state index contributed by atoms with van der Waals surface area (Å²) in [6.45, 7) is -1.29. The van der Waals surface area contributed by atoms with E-state index >= 15 is 0 Å². The number of hydrogen-bond acceptors (Lipinski definition) is 9. The second-order valence-electron chi connectivity index (χ2n) is 10.3. The van der Waals surface area contributed by atoms with Crippen LogP contribution in [-0.2, 0) is 17.9 Å². The highest BCUT2D eigenvalue weighted by Crippen LogP contribution is 2.38. The molecule has 246 valence electrons. The van der Waals surface area contributed by atoms with E-state index in [-0.39, 0.29) is 28.5 Å². The van der Waals surface area contributed by atoms with Crippen molar-refractivity contribution in [1.29, 1.82) is 0 Å². The molecule has 0 bridgehead atoms. The largest absolute Gasteiger partial charge is 0.471 e. The molecule has 0 spiro atoms. The highest BCUT2D eigenvalue weighted by atomic mass is 32.1. The maximum Gasteiger partial charge on any atom is 0.343 e. The van der Waals surface area contributed by atoms with Gasteiger partial charge in [-0.1, -0.05) is 18.2 Å². The molecule has 12 nitrogen and oxygen atoms in total. The van der Waals surface area contributed by atoms with E-state index in [1.54, 1.807) is 43.3 Å². The number of aromatic nitrogens is 4. The molecule has 5 rings (SSSR count). The van der Waals surface area contributed by atoms with Gasteiger partial charge in [0.25, 0.3) is 12.0 Å². The van der Waals surface area contributed by atoms with Gasteiger partial charge in [-0.05, 0) is 55.6 Å². The molecule has 3 aromatic heterocycles. The molecule has 0 radical (unpaired) electrons. The molecule has 0 aliphatic carbocycles. The van der Waals surface area contributed by atoms with Crippen molar-refractivity contribution in [2.75, 3.05) is 33.1 Å². The van der Waals surface area contributed by atoms with Crippen LogP contribution < -0.4 is 26.8 Å². The number of rotatable bonds is 11. The second-order valence-corrected chi connectivity index (χ2v) is 11.3. The Morgan fingerprint density at radius 2 is 1.70 bits per heavy atom. The van der Waals surface area contributed by atoms with Gasteiger partial charge in [-0.3, -0.25) is 14.2 Å². The van der Waals surface area contributed by atoms with Crippen LogP contribution in [0.15, 0.2) is 64.2 Å². The maximum absolute atomic E-state index is 14.9. The van der Waals surface area contributed by atoms with Crippen molar-refractivity contribution in [3.63, 3.8) is 0 Å². The first kappa shape index (κ1) is 33.2. The van der Waals surface area contributed by atoms with E-state index in [0.29, 0.717) is 26.3 Å². The highest BCUT2D eigenvalue weighted by molar-refractivity contribution is 7.22. The van der Waals surface area contributed by atoms with Gasteiger partial charge in [-0.15, -0.1) is 21.5 Å². The molecular weight excluding hydrogens is 646 g/mol. The fourth-order valence-electron chi connectivity index (χ4n) is 4.76. The van der Waals surface area contributed by atoms with Gasteiger partial charge in [0, 0.05) is 28.7 Å². The first-order valence-electron chi connectivity index (χ1n) is 13.8. The van der Waals surface area contributed by atoms with Gasteiger partial charge in [-0.25, -0.2) is 37.2 Å². The summed E-state index contributed by atoms with van der Waals surface area (Å²) in [5, 5.41) is 10.3. The van der Waals surface area contributed by atoms with Crippen LogP contribution in [0.2, 0.25) is 0 Å². The number of halogens is 4. The quantitative estimate of drug-likeness (QED) is 0.156. The van der Waals surface area contributed by atoms with E-state index in [0.717, 1.165) is 28.0 Å². The fourth-order valence-corrected chi connectivity index (χ4v) is 6.07. The summed E-state index contributed by atoms with van der Waals surface area (Å²) < 4.78 is 61.6. The Balaban J connectivity index is 1.74. The number of carbonyl (C=O) groups excluding carboxylic acids is 1. The Morgan fingerprint density at radius 3 is 2.30 bits per heavy atom. The fraction of sp³-hybridized carbons (Fsp3) is 0.233. The summed E-state index contributed by atoms with van der Waals surface area (Å²) in [6.07, 6.45) is -2.77. The van der Waals surface area contributed by atoms with Gasteiger partial charge in [0.1, 0.15) is 16.5 Å². The molecule has 0 saturated heterocycles. The molecule has 47 heavy (non-hydrogen) atoms. The maximum atomic E-state index is 14.9. The van der Waals surface area contributed by atoms with Crippen molar-refractivity contribution in [3.8, 4) is 22.1 Å². The number of anilines is 1. The summed E-state index contributed by atoms with van der Waals surface area (Å²) in [4.78, 5) is 47.2. The summed E-state index contributed by atoms with van der Waals surface area (Å²) in [6, 6.07) is 11.7. The van der Waals surface area contributed by atoms with E-state index in [4.69, 9.17) is 4.74 Å². The van der Waals surface area contributed by atoms with Crippen LogP contribution in [0.5, 0.6) is 5.88 Å². The van der Waals surface area contributed by atoms with Crippen molar-refractivity contribution >= 4 is 33.3 Å². The van der Waals surface area contributed by atoms with E-state index in [2.05, 4.69) is 25.8 Å². The van der Waals surface area contributed by atoms with Crippen molar-refractivity contribution in [2.45, 2.75) is 19.5 Å². The molecule has 0 aliphatic rings. The lowest BCUT2D eigenvalue weighted by atomic mass is 10.1. The minimum Gasteiger partial charge on any atom is -0.471 e. The van der Waals surface area contributed by atoms with Gasteiger partial charge in [-0.2, -0.15) is 0 Å². The van der Waals surface area contributed by atoms with Gasteiger partial charge < -0.3 is 15.0 Å². The topological polar surface area (TPSA) is 133 Å². The zero-order chi connectivity index (χ0) is 33.8. The molecule has 0 saturated carbocycles. The molecule has 17 heteroatoms. The second kappa shape index (κ2) is 14.1. The van der Waals surface area contributed by atoms with Gasteiger partial charge in [0.05, 0.1) is 19.0 Å². The van der Waals surface area contributed by atoms with Crippen LogP contribution >= 0.6 is 11.3 Å². The number of fused-ring (bicyclic) bond motifs is 1. The van der Waals surface area contributed by atoms with Crippen molar-refractivity contribution in [2.24, 2.45) is 0 Å². The van der Waals surface area contributed by atoms with Crippen LogP contribution in [0.4, 0.5) is 28.0 Å². The lowest BCUT2D eigenvalue weighted by Gasteiger charge is -2.14. The van der Waals surface area contributed by atoms with E-state index in [1.807, 2.05) is 0 Å². The number of amides is 2. The molecule has 5 aromatic rings. The number of hydroxylamine groups is 1. The SMILES string of the molecule is CONC(=O)Nc1ccc(-c2sc3c(c2CN(C)C)c(=O)n(-c2ccc(OCC(F)F)nn2)c(=O)n3Cc2c(F)cccc2F)cc1. The number of ether oxygens (including phenoxy) is 1. The molecule has 0 atom stereocenters. The number of benzene rings is 2. The molecule has 0 fully saturated rings. The monoisotopic (exact) mass is 673 g/mol. The Morgan fingerprint density at radius 1 is 1.00 bits per heavy atom. The number of carbonyl (C=O) groups is 1. The number of urea groups is 1. The van der Waals surface area contributed by atoms with Gasteiger partial charge >= 0.3 is 11.7 Å². The predicted octanol–water partition coefficient (Wildman–Crippen LogP) is 4.39. The predicted molar refractivity (Wildman–Crippen MR) is 166 cm³/mol. The Hall–Kier alpha value is -5.13. The summed E-state index contributed by atoms with van der Waals surface area (Å²) in [7, 11) is 4.85. The van der Waals surface area contributed by atoms with Crippen molar-refractivity contribution < 1.29 is 31.9 Å². The summed E-state index contributed by atoms with van der Waals surface area (Å²) in [5.74, 6) is -2.31. The number of alkyl halides is 2. The van der Waals surface area contributed by atoms with Crippen LogP contribution in [0.1, 0.15) is 11.1 Å². The summed E-state index contributed by atoms with van der Waals surface area (Å²) in [5.41, 5.74) is 1.57. The lowest BCUT2D eigenvalue weighted by molar-refractivity contribution is 0.0791. The van der Waals surface area contributed by atoms with Crippen LogP contribution in [0, 0.1) is 11.6 Å². The van der Waals surface area contributed by atoms with Crippen LogP contribution in [0.3, 0.4) is 0 Å². The third-order valence-corrected chi connectivity index (χ3v) is 8.04. The lowest BCUT2D eigenvalue weighted by Crippen LogP contribution is -2.39. The molecule has 0 unspecified atom stereocenters. The Kier molecular flexibility index (Phi) is 9.97. The van der Waals surface area contributed by atoms with E-state index < -0.39 is 54.1 Å². The van der Waals surface area contributed by atoms with E-state index in [1.165, 1.54) is 25.3 Å². The zero-order valence-corrected chi connectivity index (χ0v) is 25.9. The third-order valence-electron chi connectivity index (χ3n) is 6.74. The van der Waals surface area contributed by atoms with Crippen LogP contribution in [0.25, 0.3) is 26.5 Å². The first-order chi connectivity index (χ1) is 22.5. The molecule has 2 aromatic carbocycles. The normalized spacial score (nSPS) is 11.4.